The zero-order chi connectivity index (χ0) is 9.68. The summed E-state index contributed by atoms with van der Waals surface area (Å²) in [6.45, 7) is 0. The normalized spacial score (nSPS) is 9.69. The van der Waals surface area contributed by atoms with Crippen molar-refractivity contribution in [3.63, 3.8) is 0 Å². The van der Waals surface area contributed by atoms with Crippen molar-refractivity contribution in [2.24, 2.45) is 0 Å². The van der Waals surface area contributed by atoms with Crippen molar-refractivity contribution in [1.82, 2.24) is 4.98 Å². The SMILES string of the molecule is CSCC(=O)Nc1cccnc1Br. The maximum Gasteiger partial charge on any atom is 0.234 e. The molecule has 0 bridgehead atoms. The van der Waals surface area contributed by atoms with Gasteiger partial charge in [0.05, 0.1) is 11.4 Å². The molecule has 13 heavy (non-hydrogen) atoms. The molecule has 0 aromatic carbocycles. The third-order valence-electron chi connectivity index (χ3n) is 1.31. The molecular formula is C8H9BrN2OS. The molecule has 0 saturated heterocycles. The van der Waals surface area contributed by atoms with E-state index in [2.05, 4.69) is 26.2 Å². The number of anilines is 1. The maximum absolute atomic E-state index is 11.2. The first-order chi connectivity index (χ1) is 6.24. The molecule has 1 amide bonds. The lowest BCUT2D eigenvalue weighted by atomic mass is 10.4. The van der Waals surface area contributed by atoms with Crippen molar-refractivity contribution in [3.8, 4) is 0 Å². The van der Waals surface area contributed by atoms with Gasteiger partial charge in [0.1, 0.15) is 4.60 Å². The van der Waals surface area contributed by atoms with Crippen LogP contribution in [0.2, 0.25) is 0 Å². The van der Waals surface area contributed by atoms with Crippen LogP contribution in [0.25, 0.3) is 0 Å². The molecule has 0 saturated carbocycles. The first-order valence-corrected chi connectivity index (χ1v) is 5.82. The fourth-order valence-electron chi connectivity index (χ4n) is 0.797. The average Bonchev–Trinajstić information content (AvgIpc) is 2.09. The zero-order valence-corrected chi connectivity index (χ0v) is 9.48. The molecule has 0 aliphatic heterocycles. The Labute approximate surface area is 89.4 Å². The average molecular weight is 261 g/mol. The highest BCUT2D eigenvalue weighted by atomic mass is 79.9. The highest BCUT2D eigenvalue weighted by Gasteiger charge is 2.03. The number of thioether (sulfide) groups is 1. The summed E-state index contributed by atoms with van der Waals surface area (Å²) in [5.41, 5.74) is 0.710. The van der Waals surface area contributed by atoms with Gasteiger partial charge in [0.25, 0.3) is 0 Å². The van der Waals surface area contributed by atoms with Crippen LogP contribution in [-0.2, 0) is 4.79 Å². The van der Waals surface area contributed by atoms with E-state index in [9.17, 15) is 4.79 Å². The summed E-state index contributed by atoms with van der Waals surface area (Å²) in [7, 11) is 0. The molecule has 1 heterocycles. The van der Waals surface area contributed by atoms with Crippen LogP contribution in [0.15, 0.2) is 22.9 Å². The van der Waals surface area contributed by atoms with Crippen molar-refractivity contribution < 1.29 is 4.79 Å². The number of hydrogen-bond acceptors (Lipinski definition) is 3. The highest BCUT2D eigenvalue weighted by molar-refractivity contribution is 9.10. The first kappa shape index (κ1) is 10.5. The van der Waals surface area contributed by atoms with Gasteiger partial charge in [-0.2, -0.15) is 11.8 Å². The van der Waals surface area contributed by atoms with Crippen LogP contribution in [0.1, 0.15) is 0 Å². The van der Waals surface area contributed by atoms with E-state index in [4.69, 9.17) is 0 Å². The summed E-state index contributed by atoms with van der Waals surface area (Å²) in [4.78, 5) is 15.2. The summed E-state index contributed by atoms with van der Waals surface area (Å²) >= 11 is 4.73. The van der Waals surface area contributed by atoms with Gasteiger partial charge in [-0.1, -0.05) is 0 Å². The van der Waals surface area contributed by atoms with Crippen LogP contribution in [0, 0.1) is 0 Å². The van der Waals surface area contributed by atoms with Crippen molar-refractivity contribution in [2.45, 2.75) is 0 Å². The number of amides is 1. The molecular weight excluding hydrogens is 252 g/mol. The molecule has 0 fully saturated rings. The number of halogens is 1. The van der Waals surface area contributed by atoms with Crippen molar-refractivity contribution >= 4 is 39.3 Å². The molecule has 1 aromatic heterocycles. The van der Waals surface area contributed by atoms with Crippen molar-refractivity contribution in [1.29, 1.82) is 0 Å². The monoisotopic (exact) mass is 260 g/mol. The van der Waals surface area contributed by atoms with Gasteiger partial charge in [-0.25, -0.2) is 4.98 Å². The number of aromatic nitrogens is 1. The Morgan fingerprint density at radius 2 is 2.54 bits per heavy atom. The van der Waals surface area contributed by atoms with Gasteiger partial charge >= 0.3 is 0 Å². The second-order valence-corrected chi connectivity index (χ2v) is 3.94. The predicted molar refractivity (Wildman–Crippen MR) is 58.9 cm³/mol. The molecule has 0 unspecified atom stereocenters. The van der Waals surface area contributed by atoms with Crippen LogP contribution in [0.3, 0.4) is 0 Å². The van der Waals surface area contributed by atoms with Gasteiger partial charge in [0.2, 0.25) is 5.91 Å². The molecule has 5 heteroatoms. The lowest BCUT2D eigenvalue weighted by Gasteiger charge is -2.04. The molecule has 70 valence electrons. The van der Waals surface area contributed by atoms with Gasteiger partial charge in [0, 0.05) is 6.20 Å². The Kier molecular flexibility index (Phi) is 4.24. The summed E-state index contributed by atoms with van der Waals surface area (Å²) in [5.74, 6) is 0.447. The van der Waals surface area contributed by atoms with Gasteiger partial charge in [-0.05, 0) is 34.3 Å². The third-order valence-corrected chi connectivity index (χ3v) is 2.49. The molecule has 0 atom stereocenters. The fraction of sp³-hybridized carbons (Fsp3) is 0.250. The Hall–Kier alpha value is -0.550. The van der Waals surface area contributed by atoms with Crippen LogP contribution in [-0.4, -0.2) is 22.9 Å². The molecule has 1 rings (SSSR count). The number of hydrogen-bond donors (Lipinski definition) is 1. The summed E-state index contributed by atoms with van der Waals surface area (Å²) in [5, 5.41) is 2.74. The van der Waals surface area contributed by atoms with Crippen LogP contribution < -0.4 is 5.32 Å². The van der Waals surface area contributed by atoms with Crippen LogP contribution >= 0.6 is 27.7 Å². The number of carbonyl (C=O) groups is 1. The standard InChI is InChI=1S/C8H9BrN2OS/c1-13-5-7(12)11-6-3-2-4-10-8(6)9/h2-4H,5H2,1H3,(H,11,12). The quantitative estimate of drug-likeness (QED) is 0.847. The zero-order valence-electron chi connectivity index (χ0n) is 7.08. The molecule has 0 aliphatic rings. The highest BCUT2D eigenvalue weighted by Crippen LogP contribution is 2.18. The maximum atomic E-state index is 11.2. The van der Waals surface area contributed by atoms with E-state index in [1.54, 1.807) is 18.3 Å². The lowest BCUT2D eigenvalue weighted by Crippen LogP contribution is -2.14. The Bertz CT molecular complexity index is 306. The minimum Gasteiger partial charge on any atom is -0.323 e. The first-order valence-electron chi connectivity index (χ1n) is 3.63. The largest absolute Gasteiger partial charge is 0.323 e. The van der Waals surface area contributed by atoms with Crippen LogP contribution in [0.5, 0.6) is 0 Å². The van der Waals surface area contributed by atoms with E-state index in [1.807, 2.05) is 6.26 Å². The molecule has 0 spiro atoms. The van der Waals surface area contributed by atoms with Crippen LogP contribution in [0.4, 0.5) is 5.69 Å². The van der Waals surface area contributed by atoms with Gasteiger partial charge < -0.3 is 5.32 Å². The minimum absolute atomic E-state index is 0.0128. The van der Waals surface area contributed by atoms with E-state index >= 15 is 0 Å². The summed E-state index contributed by atoms with van der Waals surface area (Å²) < 4.78 is 0.657. The molecule has 1 aromatic rings. The number of carbonyl (C=O) groups excluding carboxylic acids is 1. The number of rotatable bonds is 3. The van der Waals surface area contributed by atoms with Crippen molar-refractivity contribution in [3.05, 3.63) is 22.9 Å². The smallest absolute Gasteiger partial charge is 0.234 e. The van der Waals surface area contributed by atoms with Crippen molar-refractivity contribution in [2.75, 3.05) is 17.3 Å². The van der Waals surface area contributed by atoms with E-state index in [0.29, 0.717) is 16.0 Å². The Morgan fingerprint density at radius 3 is 3.15 bits per heavy atom. The van der Waals surface area contributed by atoms with E-state index in [-0.39, 0.29) is 5.91 Å². The molecule has 0 radical (unpaired) electrons. The van der Waals surface area contributed by atoms with E-state index in [0.717, 1.165) is 0 Å². The lowest BCUT2D eigenvalue weighted by molar-refractivity contribution is -0.113. The number of pyridine rings is 1. The second-order valence-electron chi connectivity index (χ2n) is 2.32. The predicted octanol–water partition coefficient (Wildman–Crippen LogP) is 2.15. The molecule has 1 N–H and O–H groups in total. The summed E-state index contributed by atoms with van der Waals surface area (Å²) in [6.07, 6.45) is 3.55. The van der Waals surface area contributed by atoms with E-state index in [1.165, 1.54) is 11.8 Å². The summed E-state index contributed by atoms with van der Waals surface area (Å²) in [6, 6.07) is 3.58. The molecule has 0 aliphatic carbocycles. The fourth-order valence-corrected chi connectivity index (χ4v) is 1.48. The number of nitrogens with zero attached hydrogens (tertiary/aromatic N) is 1. The number of nitrogens with one attached hydrogen (secondary N) is 1. The minimum atomic E-state index is -0.0128. The second kappa shape index (κ2) is 5.24. The van der Waals surface area contributed by atoms with Gasteiger partial charge in [0.15, 0.2) is 0 Å². The topological polar surface area (TPSA) is 42.0 Å². The Morgan fingerprint density at radius 1 is 1.77 bits per heavy atom. The molecule has 3 nitrogen and oxygen atoms in total. The van der Waals surface area contributed by atoms with Gasteiger partial charge in [-0.15, -0.1) is 0 Å². The van der Waals surface area contributed by atoms with Gasteiger partial charge in [-0.3, -0.25) is 4.79 Å². The van der Waals surface area contributed by atoms with E-state index < -0.39 is 0 Å². The Balaban J connectivity index is 2.63. The third kappa shape index (κ3) is 3.36.